The maximum Gasteiger partial charge on any atom is 0.291 e. The molecule has 1 aliphatic heterocycles. The van der Waals surface area contributed by atoms with Gasteiger partial charge in [0.25, 0.3) is 5.91 Å². The second-order valence-corrected chi connectivity index (χ2v) is 6.95. The Kier molecular flexibility index (Phi) is 4.25. The van der Waals surface area contributed by atoms with Gasteiger partial charge in [-0.15, -0.1) is 0 Å². The molecular formula is C18H16Cl2N4O2. The number of fused-ring (bicyclic) bond motifs is 3. The minimum absolute atomic E-state index is 0.163. The van der Waals surface area contributed by atoms with Crippen LogP contribution in [0.15, 0.2) is 24.5 Å². The number of hydrogen-bond donors (Lipinski definition) is 0. The van der Waals surface area contributed by atoms with Crippen LogP contribution >= 0.6 is 23.2 Å². The van der Waals surface area contributed by atoms with Crippen molar-refractivity contribution >= 4 is 40.0 Å². The van der Waals surface area contributed by atoms with E-state index in [9.17, 15) is 4.79 Å². The summed E-state index contributed by atoms with van der Waals surface area (Å²) < 4.78 is 7.11. The van der Waals surface area contributed by atoms with Gasteiger partial charge in [-0.2, -0.15) is 0 Å². The predicted octanol–water partition coefficient (Wildman–Crippen LogP) is 3.48. The molecule has 26 heavy (non-hydrogen) atoms. The van der Waals surface area contributed by atoms with Gasteiger partial charge in [0.1, 0.15) is 0 Å². The fourth-order valence-electron chi connectivity index (χ4n) is 3.46. The van der Waals surface area contributed by atoms with Gasteiger partial charge in [0.2, 0.25) is 5.82 Å². The number of aromatic nitrogens is 3. The summed E-state index contributed by atoms with van der Waals surface area (Å²) in [6.07, 6.45) is 3.72. The maximum absolute atomic E-state index is 12.8. The number of benzene rings is 1. The summed E-state index contributed by atoms with van der Waals surface area (Å²) in [6, 6.07) is 3.75. The first kappa shape index (κ1) is 17.1. The maximum atomic E-state index is 12.8. The number of rotatable bonds is 2. The molecule has 0 radical (unpaired) electrons. The Morgan fingerprint density at radius 2 is 1.96 bits per heavy atom. The van der Waals surface area contributed by atoms with Crippen LogP contribution in [0.25, 0.3) is 10.9 Å². The van der Waals surface area contributed by atoms with Crippen molar-refractivity contribution < 1.29 is 9.53 Å². The van der Waals surface area contributed by atoms with Gasteiger partial charge >= 0.3 is 0 Å². The SMILES string of the molecule is COc1cnc(C(=O)N2CCc3c(c4ccc(Cl)c(Cl)c4n3C)C2)nc1. The van der Waals surface area contributed by atoms with Crippen molar-refractivity contribution in [3.05, 3.63) is 51.7 Å². The Labute approximate surface area is 160 Å². The number of nitrogens with zero attached hydrogens (tertiary/aromatic N) is 4. The van der Waals surface area contributed by atoms with Gasteiger partial charge in [0, 0.05) is 43.2 Å². The highest BCUT2D eigenvalue weighted by Gasteiger charge is 2.28. The third-order valence-corrected chi connectivity index (χ3v) is 5.59. The monoisotopic (exact) mass is 390 g/mol. The molecule has 0 saturated carbocycles. The number of hydrogen-bond acceptors (Lipinski definition) is 4. The standard InChI is InChI=1S/C18H16Cl2N4O2/c1-23-14-5-6-24(18(25)17-21-7-10(26-2)8-22-17)9-12(14)11-3-4-13(19)15(20)16(11)23/h3-4,7-8H,5-6,9H2,1-2H3. The molecule has 0 bridgehead atoms. The highest BCUT2D eigenvalue weighted by molar-refractivity contribution is 6.45. The largest absolute Gasteiger partial charge is 0.494 e. The van der Waals surface area contributed by atoms with E-state index in [4.69, 9.17) is 27.9 Å². The molecule has 0 aliphatic carbocycles. The van der Waals surface area contributed by atoms with Gasteiger partial charge in [0.15, 0.2) is 5.75 Å². The highest BCUT2D eigenvalue weighted by atomic mass is 35.5. The zero-order chi connectivity index (χ0) is 18.4. The van der Waals surface area contributed by atoms with Crippen molar-refractivity contribution in [1.82, 2.24) is 19.4 Å². The molecular weight excluding hydrogens is 375 g/mol. The molecule has 0 N–H and O–H groups in total. The van der Waals surface area contributed by atoms with Gasteiger partial charge in [-0.05, 0) is 6.07 Å². The number of halogens is 2. The molecule has 0 saturated heterocycles. The molecule has 1 aliphatic rings. The second kappa shape index (κ2) is 6.45. The minimum atomic E-state index is -0.199. The van der Waals surface area contributed by atoms with E-state index in [1.165, 1.54) is 25.2 Å². The van der Waals surface area contributed by atoms with Crippen LogP contribution in [-0.2, 0) is 20.0 Å². The van der Waals surface area contributed by atoms with Crippen LogP contribution in [0, 0.1) is 0 Å². The Hall–Kier alpha value is -2.31. The van der Waals surface area contributed by atoms with Gasteiger partial charge in [-0.25, -0.2) is 9.97 Å². The van der Waals surface area contributed by atoms with Gasteiger partial charge in [0.05, 0.1) is 35.1 Å². The molecule has 1 aromatic carbocycles. The Bertz CT molecular complexity index is 1010. The Morgan fingerprint density at radius 3 is 2.65 bits per heavy atom. The van der Waals surface area contributed by atoms with E-state index in [0.29, 0.717) is 28.9 Å². The summed E-state index contributed by atoms with van der Waals surface area (Å²) in [5, 5.41) is 2.08. The van der Waals surface area contributed by atoms with Crippen LogP contribution in [0.4, 0.5) is 0 Å². The van der Waals surface area contributed by atoms with E-state index in [0.717, 1.165) is 22.9 Å². The average Bonchev–Trinajstić information content (AvgIpc) is 2.96. The normalized spacial score (nSPS) is 13.8. The first-order chi connectivity index (χ1) is 12.5. The molecule has 0 fully saturated rings. The van der Waals surface area contributed by atoms with Crippen LogP contribution < -0.4 is 4.74 Å². The zero-order valence-electron chi connectivity index (χ0n) is 14.3. The van der Waals surface area contributed by atoms with Crippen molar-refractivity contribution in [2.75, 3.05) is 13.7 Å². The quantitative estimate of drug-likeness (QED) is 0.671. The Morgan fingerprint density at radius 1 is 1.23 bits per heavy atom. The summed E-state index contributed by atoms with van der Waals surface area (Å²) in [5.41, 5.74) is 3.16. The molecule has 3 aromatic rings. The van der Waals surface area contributed by atoms with Crippen molar-refractivity contribution in [2.45, 2.75) is 13.0 Å². The lowest BCUT2D eigenvalue weighted by Gasteiger charge is -2.27. The number of amides is 1. The smallest absolute Gasteiger partial charge is 0.291 e. The number of ether oxygens (including phenoxy) is 1. The number of methoxy groups -OCH3 is 1. The van der Waals surface area contributed by atoms with E-state index < -0.39 is 0 Å². The van der Waals surface area contributed by atoms with Gasteiger partial charge in [-0.1, -0.05) is 29.3 Å². The lowest BCUT2D eigenvalue weighted by molar-refractivity contribution is 0.0721. The van der Waals surface area contributed by atoms with Crippen LogP contribution in [0.3, 0.4) is 0 Å². The molecule has 0 unspecified atom stereocenters. The third kappa shape index (κ3) is 2.61. The second-order valence-electron chi connectivity index (χ2n) is 6.17. The number of carbonyl (C=O) groups excluding carboxylic acids is 1. The summed E-state index contributed by atoms with van der Waals surface area (Å²) >= 11 is 12.6. The van der Waals surface area contributed by atoms with Crippen LogP contribution in [0.2, 0.25) is 10.0 Å². The van der Waals surface area contributed by atoms with E-state index in [1.807, 2.05) is 13.1 Å². The minimum Gasteiger partial charge on any atom is -0.494 e. The Balaban J connectivity index is 1.70. The fraction of sp³-hybridized carbons (Fsp3) is 0.278. The fourth-order valence-corrected chi connectivity index (χ4v) is 3.90. The van der Waals surface area contributed by atoms with Crippen LogP contribution in [-0.4, -0.2) is 39.0 Å². The van der Waals surface area contributed by atoms with Crippen molar-refractivity contribution in [3.8, 4) is 5.75 Å². The molecule has 2 aromatic heterocycles. The average molecular weight is 391 g/mol. The zero-order valence-corrected chi connectivity index (χ0v) is 15.8. The van der Waals surface area contributed by atoms with E-state index in [1.54, 1.807) is 11.0 Å². The van der Waals surface area contributed by atoms with Crippen molar-refractivity contribution in [1.29, 1.82) is 0 Å². The first-order valence-corrected chi connectivity index (χ1v) is 8.86. The lowest BCUT2D eigenvalue weighted by atomic mass is 10.0. The molecule has 6 nitrogen and oxygen atoms in total. The van der Waals surface area contributed by atoms with E-state index in [-0.39, 0.29) is 11.7 Å². The predicted molar refractivity (Wildman–Crippen MR) is 100.0 cm³/mol. The van der Waals surface area contributed by atoms with Crippen LogP contribution in [0.1, 0.15) is 21.9 Å². The molecule has 4 rings (SSSR count). The third-order valence-electron chi connectivity index (χ3n) is 4.79. The molecule has 8 heteroatoms. The molecule has 3 heterocycles. The van der Waals surface area contributed by atoms with Crippen molar-refractivity contribution in [2.24, 2.45) is 7.05 Å². The number of carbonyl (C=O) groups is 1. The summed E-state index contributed by atoms with van der Waals surface area (Å²) in [4.78, 5) is 22.7. The summed E-state index contributed by atoms with van der Waals surface area (Å²) in [6.45, 7) is 1.08. The summed E-state index contributed by atoms with van der Waals surface area (Å²) in [7, 11) is 3.51. The molecule has 0 atom stereocenters. The molecule has 0 spiro atoms. The summed E-state index contributed by atoms with van der Waals surface area (Å²) in [5.74, 6) is 0.481. The van der Waals surface area contributed by atoms with Crippen molar-refractivity contribution in [3.63, 3.8) is 0 Å². The molecule has 134 valence electrons. The first-order valence-electron chi connectivity index (χ1n) is 8.10. The van der Waals surface area contributed by atoms with Crippen LogP contribution in [0.5, 0.6) is 5.75 Å². The van der Waals surface area contributed by atoms with E-state index in [2.05, 4.69) is 14.5 Å². The topological polar surface area (TPSA) is 60.2 Å². The number of aryl methyl sites for hydroxylation is 1. The molecule has 1 amide bonds. The van der Waals surface area contributed by atoms with Gasteiger partial charge in [-0.3, -0.25) is 4.79 Å². The van der Waals surface area contributed by atoms with Gasteiger partial charge < -0.3 is 14.2 Å². The van der Waals surface area contributed by atoms with E-state index >= 15 is 0 Å². The highest BCUT2D eigenvalue weighted by Crippen LogP contribution is 2.37. The lowest BCUT2D eigenvalue weighted by Crippen LogP contribution is -2.37.